The van der Waals surface area contributed by atoms with Crippen LogP contribution < -0.4 is 0 Å². The van der Waals surface area contributed by atoms with Crippen LogP contribution in [0.5, 0.6) is 0 Å². The summed E-state index contributed by atoms with van der Waals surface area (Å²) < 4.78 is 19.6. The van der Waals surface area contributed by atoms with Crippen LogP contribution in [0.1, 0.15) is 32.5 Å². The Morgan fingerprint density at radius 2 is 2.04 bits per heavy atom. The number of fused-ring (bicyclic) bond motifs is 1. The average Bonchev–Trinajstić information content (AvgIpc) is 3.27. The Hall–Kier alpha value is -3.06. The van der Waals surface area contributed by atoms with Gasteiger partial charge in [-0.3, -0.25) is 4.79 Å². The molecule has 0 saturated carbocycles. The predicted octanol–water partition coefficient (Wildman–Crippen LogP) is 4.59. The molecule has 0 fully saturated rings. The molecule has 0 unspecified atom stereocenters. The lowest BCUT2D eigenvalue weighted by Crippen LogP contribution is -2.26. The molecule has 0 aliphatic carbocycles. The number of carbonyl (C=O) groups excluding carboxylic acids is 1. The van der Waals surface area contributed by atoms with Crippen LogP contribution in [0.3, 0.4) is 0 Å². The summed E-state index contributed by atoms with van der Waals surface area (Å²) in [5.41, 5.74) is 3.04. The second-order valence-electron chi connectivity index (χ2n) is 6.58. The summed E-state index contributed by atoms with van der Waals surface area (Å²) in [6, 6.07) is 11.7. The highest BCUT2D eigenvalue weighted by atomic mass is 32.1. The number of oxazole rings is 1. The van der Waals surface area contributed by atoms with Gasteiger partial charge >= 0.3 is 0 Å². The van der Waals surface area contributed by atoms with Gasteiger partial charge in [0.25, 0.3) is 5.91 Å². The highest BCUT2D eigenvalue weighted by Gasteiger charge is 2.16. The zero-order chi connectivity index (χ0) is 19.7. The molecule has 4 rings (SSSR count). The van der Waals surface area contributed by atoms with E-state index in [1.807, 2.05) is 12.3 Å². The van der Waals surface area contributed by atoms with Gasteiger partial charge in [0.1, 0.15) is 11.3 Å². The molecule has 0 bridgehead atoms. The third-order valence-electron chi connectivity index (χ3n) is 4.39. The van der Waals surface area contributed by atoms with Gasteiger partial charge in [0.05, 0.1) is 23.7 Å². The van der Waals surface area contributed by atoms with E-state index in [0.29, 0.717) is 34.7 Å². The first kappa shape index (κ1) is 18.3. The summed E-state index contributed by atoms with van der Waals surface area (Å²) in [5, 5.41) is 2.93. The molecule has 0 radical (unpaired) electrons. The minimum atomic E-state index is -0.292. The molecule has 0 aliphatic rings. The molecule has 142 valence electrons. The van der Waals surface area contributed by atoms with E-state index in [1.165, 1.54) is 6.07 Å². The molecule has 1 amide bonds. The van der Waals surface area contributed by atoms with Crippen molar-refractivity contribution >= 4 is 28.3 Å². The lowest BCUT2D eigenvalue weighted by atomic mass is 10.1. The van der Waals surface area contributed by atoms with Crippen molar-refractivity contribution in [3.05, 3.63) is 81.4 Å². The van der Waals surface area contributed by atoms with E-state index in [0.717, 1.165) is 10.7 Å². The Balaban J connectivity index is 1.54. The summed E-state index contributed by atoms with van der Waals surface area (Å²) in [6.07, 6.45) is 0.258. The molecule has 2 aromatic carbocycles. The van der Waals surface area contributed by atoms with Gasteiger partial charge in [-0.25, -0.2) is 14.4 Å². The van der Waals surface area contributed by atoms with Gasteiger partial charge in [-0.1, -0.05) is 18.2 Å². The fourth-order valence-electron chi connectivity index (χ4n) is 3.00. The van der Waals surface area contributed by atoms with E-state index in [9.17, 15) is 9.18 Å². The fourth-order valence-corrected chi connectivity index (χ4v) is 3.61. The lowest BCUT2D eigenvalue weighted by molar-refractivity contribution is 0.0783. The van der Waals surface area contributed by atoms with Crippen LogP contribution in [0, 0.1) is 12.7 Å². The Morgan fingerprint density at radius 3 is 2.79 bits per heavy atom. The van der Waals surface area contributed by atoms with Crippen molar-refractivity contribution in [1.29, 1.82) is 0 Å². The molecule has 5 nitrogen and oxygen atoms in total. The SMILES string of the molecule is Cc1nc(CN(C)C(=O)c2ccc3nc(Cc4ccccc4F)oc3c2)cs1. The quantitative estimate of drug-likeness (QED) is 0.496. The second kappa shape index (κ2) is 7.52. The summed E-state index contributed by atoms with van der Waals surface area (Å²) >= 11 is 1.56. The summed E-state index contributed by atoms with van der Waals surface area (Å²) in [4.78, 5) is 23.1. The summed E-state index contributed by atoms with van der Waals surface area (Å²) in [5.74, 6) is -0.00451. The van der Waals surface area contributed by atoms with Crippen LogP contribution >= 0.6 is 11.3 Å². The van der Waals surface area contributed by atoms with Crippen LogP contribution in [0.2, 0.25) is 0 Å². The van der Waals surface area contributed by atoms with Gasteiger partial charge in [0.15, 0.2) is 11.5 Å². The Kier molecular flexibility index (Phi) is 4.92. The van der Waals surface area contributed by atoms with Crippen molar-refractivity contribution in [3.63, 3.8) is 0 Å². The van der Waals surface area contributed by atoms with Gasteiger partial charge in [0, 0.05) is 18.0 Å². The van der Waals surface area contributed by atoms with E-state index in [2.05, 4.69) is 9.97 Å². The van der Waals surface area contributed by atoms with Crippen LogP contribution in [0.4, 0.5) is 4.39 Å². The van der Waals surface area contributed by atoms with Crippen molar-refractivity contribution in [1.82, 2.24) is 14.9 Å². The zero-order valence-electron chi connectivity index (χ0n) is 15.5. The van der Waals surface area contributed by atoms with Gasteiger partial charge < -0.3 is 9.32 Å². The van der Waals surface area contributed by atoms with Crippen molar-refractivity contribution in [3.8, 4) is 0 Å². The number of aryl methyl sites for hydroxylation is 1. The lowest BCUT2D eigenvalue weighted by Gasteiger charge is -2.15. The maximum atomic E-state index is 13.8. The first-order valence-electron chi connectivity index (χ1n) is 8.79. The summed E-state index contributed by atoms with van der Waals surface area (Å²) in [6.45, 7) is 2.38. The highest BCUT2D eigenvalue weighted by molar-refractivity contribution is 7.09. The largest absolute Gasteiger partial charge is 0.440 e. The van der Waals surface area contributed by atoms with Crippen LogP contribution in [-0.2, 0) is 13.0 Å². The average molecular weight is 395 g/mol. The highest BCUT2D eigenvalue weighted by Crippen LogP contribution is 2.21. The molecule has 0 saturated heterocycles. The molecule has 0 aliphatic heterocycles. The second-order valence-corrected chi connectivity index (χ2v) is 7.64. The molecule has 2 aromatic heterocycles. The number of hydrogen-bond donors (Lipinski definition) is 0. The molecular weight excluding hydrogens is 377 g/mol. The smallest absolute Gasteiger partial charge is 0.254 e. The maximum absolute atomic E-state index is 13.8. The number of carbonyl (C=O) groups is 1. The zero-order valence-corrected chi connectivity index (χ0v) is 16.3. The first-order chi connectivity index (χ1) is 13.5. The molecule has 7 heteroatoms. The minimum Gasteiger partial charge on any atom is -0.440 e. The first-order valence-corrected chi connectivity index (χ1v) is 9.67. The Bertz CT molecular complexity index is 1150. The normalized spacial score (nSPS) is 11.1. The number of amides is 1. The standard InChI is InChI=1S/C21H18FN3O2S/c1-13-23-16(12-28-13)11-25(2)21(26)15-7-8-18-19(9-15)27-20(24-18)10-14-5-3-4-6-17(14)22/h3-9,12H,10-11H2,1-2H3. The van der Waals surface area contributed by atoms with Crippen LogP contribution in [-0.4, -0.2) is 27.8 Å². The van der Waals surface area contributed by atoms with Crippen molar-refractivity contribution < 1.29 is 13.6 Å². The molecule has 28 heavy (non-hydrogen) atoms. The Labute approximate surface area is 165 Å². The minimum absolute atomic E-state index is 0.125. The van der Waals surface area contributed by atoms with Crippen LogP contribution in [0.25, 0.3) is 11.1 Å². The topological polar surface area (TPSA) is 59.2 Å². The number of thiazole rings is 1. The van der Waals surface area contributed by atoms with Gasteiger partial charge in [0.2, 0.25) is 0 Å². The van der Waals surface area contributed by atoms with E-state index >= 15 is 0 Å². The molecule has 0 atom stereocenters. The number of nitrogens with zero attached hydrogens (tertiary/aromatic N) is 3. The fraction of sp³-hybridized carbons (Fsp3) is 0.190. The summed E-state index contributed by atoms with van der Waals surface area (Å²) in [7, 11) is 1.74. The van der Waals surface area contributed by atoms with E-state index < -0.39 is 0 Å². The van der Waals surface area contributed by atoms with Crippen molar-refractivity contribution in [2.45, 2.75) is 19.9 Å². The number of benzene rings is 2. The molecule has 0 N–H and O–H groups in total. The predicted molar refractivity (Wildman–Crippen MR) is 106 cm³/mol. The van der Waals surface area contributed by atoms with Gasteiger partial charge in [-0.15, -0.1) is 11.3 Å². The van der Waals surface area contributed by atoms with E-state index in [-0.39, 0.29) is 18.1 Å². The van der Waals surface area contributed by atoms with Crippen molar-refractivity contribution in [2.75, 3.05) is 7.05 Å². The molecule has 4 aromatic rings. The Morgan fingerprint density at radius 1 is 1.21 bits per heavy atom. The maximum Gasteiger partial charge on any atom is 0.254 e. The van der Waals surface area contributed by atoms with Gasteiger partial charge in [-0.05, 0) is 36.8 Å². The number of halogens is 1. The molecular formula is C21H18FN3O2S. The van der Waals surface area contributed by atoms with Gasteiger partial charge in [-0.2, -0.15) is 0 Å². The van der Waals surface area contributed by atoms with Crippen LogP contribution in [0.15, 0.2) is 52.3 Å². The van der Waals surface area contributed by atoms with Crippen molar-refractivity contribution in [2.24, 2.45) is 0 Å². The number of rotatable bonds is 5. The molecule has 2 heterocycles. The van der Waals surface area contributed by atoms with E-state index in [1.54, 1.807) is 59.7 Å². The third kappa shape index (κ3) is 3.80. The number of aromatic nitrogens is 2. The molecule has 0 spiro atoms. The monoisotopic (exact) mass is 395 g/mol. The third-order valence-corrected chi connectivity index (χ3v) is 5.21. The number of hydrogen-bond acceptors (Lipinski definition) is 5. The van der Waals surface area contributed by atoms with E-state index in [4.69, 9.17) is 4.42 Å².